The molecule has 1 aliphatic heterocycles. The topological polar surface area (TPSA) is 93.3 Å². The largest absolute Gasteiger partial charge is 0.481 e. The second kappa shape index (κ2) is 9.79. The molecule has 0 saturated carbocycles. The number of aliphatic imine (C=N–C) groups is 1. The average molecular weight is 477 g/mol. The number of nitrogens with zero attached hydrogens (tertiary/aromatic N) is 4. The van der Waals surface area contributed by atoms with Crippen LogP contribution in [0.4, 0.5) is 4.79 Å². The number of amides is 1. The standard InChI is InChI=1S/C17H27N5O3.HI/c1-17(2,3)25-16(23)22-10-8-21(9-11-22)15(18)20-12-13-6-5-7-19-14(13)24-4;/h5-7H,8-12H2,1-4H3,(H2,18,20);1H. The number of rotatable bonds is 3. The second-order valence-corrected chi connectivity index (χ2v) is 6.80. The van der Waals surface area contributed by atoms with E-state index in [1.807, 2.05) is 37.8 Å². The van der Waals surface area contributed by atoms with Gasteiger partial charge in [-0.25, -0.2) is 14.8 Å². The van der Waals surface area contributed by atoms with Gasteiger partial charge in [0.2, 0.25) is 5.88 Å². The Hall–Kier alpha value is -1.78. The zero-order valence-corrected chi connectivity index (χ0v) is 18.1. The SMILES string of the molecule is COc1ncccc1CN=C(N)N1CCN(C(=O)OC(C)(C)C)CC1.I. The number of hydrogen-bond donors (Lipinski definition) is 1. The Morgan fingerprint density at radius 2 is 1.88 bits per heavy atom. The molecule has 1 aromatic rings. The van der Waals surface area contributed by atoms with E-state index in [-0.39, 0.29) is 30.1 Å². The number of ether oxygens (including phenoxy) is 2. The molecule has 2 heterocycles. The fraction of sp³-hybridized carbons (Fsp3) is 0.588. The summed E-state index contributed by atoms with van der Waals surface area (Å²) in [5.41, 5.74) is 6.48. The molecule has 0 atom stereocenters. The van der Waals surface area contributed by atoms with Gasteiger partial charge < -0.3 is 25.0 Å². The molecular formula is C17H28IN5O3. The minimum absolute atomic E-state index is 0. The predicted octanol–water partition coefficient (Wildman–Crippen LogP) is 2.08. The quantitative estimate of drug-likeness (QED) is 0.407. The Morgan fingerprint density at radius 3 is 2.46 bits per heavy atom. The number of nitrogens with two attached hydrogens (primary N) is 1. The van der Waals surface area contributed by atoms with Gasteiger partial charge >= 0.3 is 6.09 Å². The van der Waals surface area contributed by atoms with Crippen LogP contribution in [0.2, 0.25) is 0 Å². The van der Waals surface area contributed by atoms with Crippen molar-refractivity contribution in [3.8, 4) is 5.88 Å². The fourth-order valence-corrected chi connectivity index (χ4v) is 2.44. The highest BCUT2D eigenvalue weighted by Gasteiger charge is 2.26. The fourth-order valence-electron chi connectivity index (χ4n) is 2.44. The van der Waals surface area contributed by atoms with Crippen molar-refractivity contribution in [1.82, 2.24) is 14.8 Å². The van der Waals surface area contributed by atoms with Gasteiger partial charge in [-0.1, -0.05) is 6.07 Å². The van der Waals surface area contributed by atoms with Gasteiger partial charge in [-0.05, 0) is 26.8 Å². The summed E-state index contributed by atoms with van der Waals surface area (Å²) < 4.78 is 10.6. The number of piperazine rings is 1. The molecule has 1 saturated heterocycles. The molecule has 146 valence electrons. The van der Waals surface area contributed by atoms with Crippen molar-refractivity contribution >= 4 is 36.0 Å². The molecule has 1 aromatic heterocycles. The highest BCUT2D eigenvalue weighted by atomic mass is 127. The van der Waals surface area contributed by atoms with Gasteiger partial charge in [-0.2, -0.15) is 0 Å². The summed E-state index contributed by atoms with van der Waals surface area (Å²) in [5.74, 6) is 1.00. The van der Waals surface area contributed by atoms with Gasteiger partial charge in [0, 0.05) is 37.9 Å². The minimum Gasteiger partial charge on any atom is -0.481 e. The lowest BCUT2D eigenvalue weighted by Gasteiger charge is -2.36. The lowest BCUT2D eigenvalue weighted by Crippen LogP contribution is -2.53. The third-order valence-electron chi connectivity index (χ3n) is 3.71. The first-order chi connectivity index (χ1) is 11.8. The monoisotopic (exact) mass is 477 g/mol. The Bertz CT molecular complexity index is 625. The van der Waals surface area contributed by atoms with Crippen LogP contribution in [0.15, 0.2) is 23.3 Å². The van der Waals surface area contributed by atoms with Crippen LogP contribution in [0.3, 0.4) is 0 Å². The summed E-state index contributed by atoms with van der Waals surface area (Å²) >= 11 is 0. The number of aromatic nitrogens is 1. The van der Waals surface area contributed by atoms with Crippen molar-refractivity contribution < 1.29 is 14.3 Å². The predicted molar refractivity (Wildman–Crippen MR) is 111 cm³/mol. The van der Waals surface area contributed by atoms with Gasteiger partial charge in [0.25, 0.3) is 0 Å². The maximum atomic E-state index is 12.1. The molecule has 1 aliphatic rings. The van der Waals surface area contributed by atoms with Gasteiger partial charge in [0.05, 0.1) is 13.7 Å². The first kappa shape index (κ1) is 22.3. The van der Waals surface area contributed by atoms with Crippen molar-refractivity contribution in [1.29, 1.82) is 0 Å². The summed E-state index contributed by atoms with van der Waals surface area (Å²) in [5, 5.41) is 0. The van der Waals surface area contributed by atoms with Crippen molar-refractivity contribution in [3.63, 3.8) is 0 Å². The maximum Gasteiger partial charge on any atom is 0.410 e. The van der Waals surface area contributed by atoms with Gasteiger partial charge in [0.15, 0.2) is 5.96 Å². The molecule has 1 fully saturated rings. The van der Waals surface area contributed by atoms with Crippen LogP contribution in [0.5, 0.6) is 5.88 Å². The summed E-state index contributed by atoms with van der Waals surface area (Å²) in [6, 6.07) is 3.74. The Labute approximate surface area is 171 Å². The summed E-state index contributed by atoms with van der Waals surface area (Å²) in [6.45, 7) is 8.34. The molecule has 0 radical (unpaired) electrons. The molecule has 9 heteroatoms. The lowest BCUT2D eigenvalue weighted by molar-refractivity contribution is 0.0186. The number of hydrogen-bond acceptors (Lipinski definition) is 5. The number of halogens is 1. The van der Waals surface area contributed by atoms with Crippen LogP contribution in [-0.2, 0) is 11.3 Å². The highest BCUT2D eigenvalue weighted by Crippen LogP contribution is 2.15. The summed E-state index contributed by atoms with van der Waals surface area (Å²) in [6.07, 6.45) is 1.38. The van der Waals surface area contributed by atoms with E-state index in [0.29, 0.717) is 44.6 Å². The Morgan fingerprint density at radius 1 is 1.27 bits per heavy atom. The molecule has 0 spiro atoms. The number of pyridine rings is 1. The number of carbonyl (C=O) groups is 1. The van der Waals surface area contributed by atoms with Crippen LogP contribution < -0.4 is 10.5 Å². The normalized spacial score (nSPS) is 15.3. The molecule has 8 nitrogen and oxygen atoms in total. The van der Waals surface area contributed by atoms with E-state index in [1.54, 1.807) is 18.2 Å². The molecule has 0 aromatic carbocycles. The Kier molecular flexibility index (Phi) is 8.38. The van der Waals surface area contributed by atoms with Gasteiger partial charge in [0.1, 0.15) is 5.60 Å². The minimum atomic E-state index is -0.489. The first-order valence-corrected chi connectivity index (χ1v) is 8.31. The van der Waals surface area contributed by atoms with Crippen molar-refractivity contribution in [2.75, 3.05) is 33.3 Å². The molecular weight excluding hydrogens is 449 g/mol. The van der Waals surface area contributed by atoms with E-state index in [9.17, 15) is 4.79 Å². The van der Waals surface area contributed by atoms with Gasteiger partial charge in [-0.3, -0.25) is 0 Å². The number of methoxy groups -OCH3 is 1. The number of guanidine groups is 1. The van der Waals surface area contributed by atoms with Crippen LogP contribution in [-0.4, -0.2) is 65.7 Å². The highest BCUT2D eigenvalue weighted by molar-refractivity contribution is 14.0. The van der Waals surface area contributed by atoms with Crippen LogP contribution in [0.25, 0.3) is 0 Å². The zero-order chi connectivity index (χ0) is 18.4. The van der Waals surface area contributed by atoms with E-state index < -0.39 is 5.60 Å². The van der Waals surface area contributed by atoms with Crippen LogP contribution in [0.1, 0.15) is 26.3 Å². The maximum absolute atomic E-state index is 12.1. The molecule has 0 aliphatic carbocycles. The van der Waals surface area contributed by atoms with E-state index in [1.165, 1.54) is 0 Å². The van der Waals surface area contributed by atoms with Crippen molar-refractivity contribution in [3.05, 3.63) is 23.9 Å². The van der Waals surface area contributed by atoms with Gasteiger partial charge in [-0.15, -0.1) is 24.0 Å². The van der Waals surface area contributed by atoms with Crippen molar-refractivity contribution in [2.24, 2.45) is 10.7 Å². The van der Waals surface area contributed by atoms with E-state index >= 15 is 0 Å². The van der Waals surface area contributed by atoms with E-state index in [0.717, 1.165) is 5.56 Å². The summed E-state index contributed by atoms with van der Waals surface area (Å²) in [4.78, 5) is 24.3. The molecule has 0 bridgehead atoms. The second-order valence-electron chi connectivity index (χ2n) is 6.80. The molecule has 2 N–H and O–H groups in total. The zero-order valence-electron chi connectivity index (χ0n) is 15.8. The number of carbonyl (C=O) groups excluding carboxylic acids is 1. The summed E-state index contributed by atoms with van der Waals surface area (Å²) in [7, 11) is 1.58. The van der Waals surface area contributed by atoms with E-state index in [2.05, 4.69) is 9.98 Å². The van der Waals surface area contributed by atoms with E-state index in [4.69, 9.17) is 15.2 Å². The van der Waals surface area contributed by atoms with Crippen molar-refractivity contribution in [2.45, 2.75) is 32.9 Å². The molecule has 0 unspecified atom stereocenters. The molecule has 26 heavy (non-hydrogen) atoms. The lowest BCUT2D eigenvalue weighted by atomic mass is 10.2. The molecule has 2 rings (SSSR count). The third-order valence-corrected chi connectivity index (χ3v) is 3.71. The smallest absolute Gasteiger partial charge is 0.410 e. The molecule has 1 amide bonds. The third kappa shape index (κ3) is 6.50. The average Bonchev–Trinajstić information content (AvgIpc) is 2.58. The van der Waals surface area contributed by atoms with Crippen LogP contribution >= 0.6 is 24.0 Å². The Balaban J connectivity index is 0.00000338. The van der Waals surface area contributed by atoms with Crippen LogP contribution in [0, 0.1) is 0 Å². The first-order valence-electron chi connectivity index (χ1n) is 8.31.